The topological polar surface area (TPSA) is 76.2 Å². The number of nitrogens with zero attached hydrogens (tertiary/aromatic N) is 3. The molecule has 4 rings (SSSR count). The van der Waals surface area contributed by atoms with Crippen molar-refractivity contribution in [1.82, 2.24) is 14.5 Å². The fourth-order valence-electron chi connectivity index (χ4n) is 3.13. The molecule has 2 aromatic heterocycles. The number of nitrogens with one attached hydrogen (secondary N) is 1. The Morgan fingerprint density at radius 1 is 1.29 bits per heavy atom. The van der Waals surface area contributed by atoms with E-state index >= 15 is 0 Å². The van der Waals surface area contributed by atoms with Crippen molar-refractivity contribution < 1.29 is 0 Å². The van der Waals surface area contributed by atoms with Crippen molar-refractivity contribution >= 4 is 27.6 Å². The number of aryl methyl sites for hydroxylation is 1. The van der Waals surface area contributed by atoms with Crippen LogP contribution >= 0.6 is 11.3 Å². The van der Waals surface area contributed by atoms with Crippen LogP contribution in [0, 0.1) is 6.92 Å². The maximum Gasteiger partial charge on any atom is 0.223 e. The number of aromatic nitrogens is 2. The summed E-state index contributed by atoms with van der Waals surface area (Å²) in [6.07, 6.45) is 0.778. The first-order chi connectivity index (χ1) is 11.6. The highest BCUT2D eigenvalue weighted by atomic mass is 32.1. The summed E-state index contributed by atoms with van der Waals surface area (Å²) in [4.78, 5) is 21.6. The average Bonchev–Trinajstić information content (AvgIpc) is 2.94. The molecule has 0 atom stereocenters. The van der Waals surface area contributed by atoms with Crippen molar-refractivity contribution in [1.29, 1.82) is 0 Å². The maximum absolute atomic E-state index is 12.9. The van der Waals surface area contributed by atoms with E-state index in [-0.39, 0.29) is 5.43 Å². The van der Waals surface area contributed by atoms with Gasteiger partial charge in [0.05, 0.1) is 0 Å². The Labute approximate surface area is 143 Å². The zero-order chi connectivity index (χ0) is 16.8. The molecular weight excluding hydrogens is 322 g/mol. The van der Waals surface area contributed by atoms with Gasteiger partial charge in [0.2, 0.25) is 11.4 Å². The zero-order valence-electron chi connectivity index (χ0n) is 13.7. The van der Waals surface area contributed by atoms with Gasteiger partial charge in [0.1, 0.15) is 10.3 Å². The Kier molecular flexibility index (Phi) is 3.64. The molecule has 0 bridgehead atoms. The third-order valence-electron chi connectivity index (χ3n) is 4.46. The van der Waals surface area contributed by atoms with Gasteiger partial charge in [-0.15, -0.1) is 11.3 Å². The molecule has 3 aromatic rings. The van der Waals surface area contributed by atoms with Crippen LogP contribution in [0.4, 0.5) is 5.95 Å². The molecule has 0 amide bonds. The second-order valence-electron chi connectivity index (χ2n) is 6.23. The summed E-state index contributed by atoms with van der Waals surface area (Å²) in [5.74, 6) is 6.15. The smallest absolute Gasteiger partial charge is 0.223 e. The van der Waals surface area contributed by atoms with Crippen LogP contribution in [0.3, 0.4) is 0 Å². The number of anilines is 1. The minimum absolute atomic E-state index is 0.0363. The first-order valence-electron chi connectivity index (χ1n) is 7.88. The SMILES string of the molecule is Cc1ccc(-n2c(NN)nc3c(=O)c4c(sc32)CN(C)CC4)cc1. The van der Waals surface area contributed by atoms with Gasteiger partial charge >= 0.3 is 0 Å². The maximum atomic E-state index is 12.9. The number of imidazole rings is 1. The van der Waals surface area contributed by atoms with Crippen LogP contribution < -0.4 is 16.7 Å². The number of nitrogens with two attached hydrogens (primary N) is 1. The van der Waals surface area contributed by atoms with Crippen LogP contribution in [0.1, 0.15) is 16.0 Å². The third-order valence-corrected chi connectivity index (χ3v) is 5.65. The van der Waals surface area contributed by atoms with E-state index in [9.17, 15) is 4.79 Å². The molecule has 124 valence electrons. The Hall–Kier alpha value is -2.22. The lowest BCUT2D eigenvalue weighted by atomic mass is 10.1. The van der Waals surface area contributed by atoms with E-state index in [4.69, 9.17) is 5.84 Å². The van der Waals surface area contributed by atoms with Gasteiger partial charge in [0, 0.05) is 29.2 Å². The summed E-state index contributed by atoms with van der Waals surface area (Å²) in [5, 5.41) is 0. The first kappa shape index (κ1) is 15.3. The standard InChI is InChI=1S/C17H19N5OS/c1-10-3-5-11(6-4-10)22-16-14(19-17(22)20-18)15(23)12-7-8-21(2)9-13(12)24-16/h3-6H,7-9,18H2,1-2H3,(H,19,20). The van der Waals surface area contributed by atoms with Gasteiger partial charge in [-0.25, -0.2) is 10.8 Å². The second kappa shape index (κ2) is 5.70. The molecule has 0 fully saturated rings. The number of hydrogen-bond donors (Lipinski definition) is 2. The van der Waals surface area contributed by atoms with Crippen molar-refractivity contribution in [2.75, 3.05) is 19.0 Å². The molecule has 3 N–H and O–H groups in total. The minimum atomic E-state index is 0.0363. The minimum Gasteiger partial charge on any atom is -0.301 e. The summed E-state index contributed by atoms with van der Waals surface area (Å²) < 4.78 is 1.93. The Morgan fingerprint density at radius 3 is 2.75 bits per heavy atom. The quantitative estimate of drug-likeness (QED) is 0.551. The molecule has 24 heavy (non-hydrogen) atoms. The lowest BCUT2D eigenvalue weighted by Crippen LogP contribution is -2.30. The zero-order valence-corrected chi connectivity index (χ0v) is 14.5. The molecule has 1 aliphatic heterocycles. The van der Waals surface area contributed by atoms with E-state index in [1.165, 1.54) is 5.56 Å². The lowest BCUT2D eigenvalue weighted by Gasteiger charge is -2.23. The number of fused-ring (bicyclic) bond motifs is 2. The number of rotatable bonds is 2. The van der Waals surface area contributed by atoms with Crippen molar-refractivity contribution in [3.05, 3.63) is 50.5 Å². The summed E-state index contributed by atoms with van der Waals surface area (Å²) in [5.41, 5.74) is 6.19. The van der Waals surface area contributed by atoms with Crippen LogP contribution in [0.25, 0.3) is 16.0 Å². The summed E-state index contributed by atoms with van der Waals surface area (Å²) in [6.45, 7) is 3.75. The Balaban J connectivity index is 2.02. The monoisotopic (exact) mass is 341 g/mol. The van der Waals surface area contributed by atoms with Crippen LogP contribution in [-0.4, -0.2) is 28.0 Å². The molecule has 1 aliphatic rings. The molecule has 6 nitrogen and oxygen atoms in total. The van der Waals surface area contributed by atoms with Gasteiger partial charge in [-0.05, 0) is 32.5 Å². The van der Waals surface area contributed by atoms with E-state index in [1.54, 1.807) is 11.3 Å². The van der Waals surface area contributed by atoms with Gasteiger partial charge in [0.15, 0.2) is 0 Å². The van der Waals surface area contributed by atoms with Crippen LogP contribution in [0.15, 0.2) is 29.1 Å². The van der Waals surface area contributed by atoms with Crippen molar-refractivity contribution in [2.24, 2.45) is 5.84 Å². The second-order valence-corrected chi connectivity index (χ2v) is 7.31. The fourth-order valence-corrected chi connectivity index (χ4v) is 4.49. The van der Waals surface area contributed by atoms with Crippen LogP contribution in [-0.2, 0) is 13.0 Å². The predicted octanol–water partition coefficient (Wildman–Crippen LogP) is 2.03. The number of likely N-dealkylation sites (N-methyl/N-ethyl adjacent to an activating group) is 1. The molecule has 7 heteroatoms. The highest BCUT2D eigenvalue weighted by Crippen LogP contribution is 2.30. The number of nitrogen functional groups attached to an aromatic ring is 1. The summed E-state index contributed by atoms with van der Waals surface area (Å²) >= 11 is 1.63. The average molecular weight is 341 g/mol. The lowest BCUT2D eigenvalue weighted by molar-refractivity contribution is 0.316. The molecule has 3 heterocycles. The Bertz CT molecular complexity index is 973. The van der Waals surface area contributed by atoms with E-state index < -0.39 is 0 Å². The molecule has 0 saturated heterocycles. The summed E-state index contributed by atoms with van der Waals surface area (Å²) in [6, 6.07) is 8.10. The van der Waals surface area contributed by atoms with Gasteiger partial charge in [-0.3, -0.25) is 14.8 Å². The van der Waals surface area contributed by atoms with Crippen molar-refractivity contribution in [3.63, 3.8) is 0 Å². The van der Waals surface area contributed by atoms with Gasteiger partial charge < -0.3 is 4.90 Å². The molecule has 0 saturated carbocycles. The van der Waals surface area contributed by atoms with E-state index in [1.807, 2.05) is 35.8 Å². The Morgan fingerprint density at radius 2 is 2.04 bits per heavy atom. The van der Waals surface area contributed by atoms with Crippen LogP contribution in [0.5, 0.6) is 0 Å². The molecule has 0 aliphatic carbocycles. The normalized spacial score (nSPS) is 14.8. The number of hydrogen-bond acceptors (Lipinski definition) is 6. The van der Waals surface area contributed by atoms with Crippen molar-refractivity contribution in [3.8, 4) is 5.69 Å². The van der Waals surface area contributed by atoms with Gasteiger partial charge in [0.25, 0.3) is 0 Å². The highest BCUT2D eigenvalue weighted by molar-refractivity contribution is 7.18. The van der Waals surface area contributed by atoms with E-state index in [0.717, 1.165) is 40.5 Å². The van der Waals surface area contributed by atoms with Gasteiger partial charge in [-0.2, -0.15) is 0 Å². The van der Waals surface area contributed by atoms with Gasteiger partial charge in [-0.1, -0.05) is 17.7 Å². The molecule has 0 radical (unpaired) electrons. The molecular formula is C17H19N5OS. The largest absolute Gasteiger partial charge is 0.301 e. The third kappa shape index (κ3) is 2.32. The number of benzene rings is 1. The summed E-state index contributed by atoms with van der Waals surface area (Å²) in [7, 11) is 2.08. The van der Waals surface area contributed by atoms with E-state index in [2.05, 4.69) is 22.4 Å². The number of hydrazine groups is 1. The van der Waals surface area contributed by atoms with Crippen LogP contribution in [0.2, 0.25) is 0 Å². The first-order valence-corrected chi connectivity index (χ1v) is 8.69. The predicted molar refractivity (Wildman–Crippen MR) is 97.8 cm³/mol. The fraction of sp³-hybridized carbons (Fsp3) is 0.294. The molecule has 0 unspecified atom stereocenters. The van der Waals surface area contributed by atoms with E-state index in [0.29, 0.717) is 11.5 Å². The van der Waals surface area contributed by atoms with Crippen molar-refractivity contribution in [2.45, 2.75) is 19.9 Å². The molecule has 0 spiro atoms. The molecule has 1 aromatic carbocycles. The highest BCUT2D eigenvalue weighted by Gasteiger charge is 2.23.